The van der Waals surface area contributed by atoms with Crippen LogP contribution in [0.25, 0.3) is 6.08 Å². The molecule has 2 heterocycles. The van der Waals surface area contributed by atoms with Gasteiger partial charge in [-0.05, 0) is 29.8 Å². The van der Waals surface area contributed by atoms with Crippen molar-refractivity contribution in [2.75, 3.05) is 0 Å². The highest BCUT2D eigenvalue weighted by atomic mass is 32.2. The van der Waals surface area contributed by atoms with E-state index < -0.39 is 22.8 Å². The standard InChI is InChI=1S/C16H10N4O5S/c21-14-10(15(22)19-16(23)18-14)7-9-4-5-12(11(8-9)20(24)25)26-13-3-1-2-6-17-13/h1-8H,(H2,18,19,21,22,23). The van der Waals surface area contributed by atoms with Crippen molar-refractivity contribution in [1.82, 2.24) is 15.6 Å². The molecule has 3 rings (SSSR count). The Bertz CT molecular complexity index is 936. The average Bonchev–Trinajstić information content (AvgIpc) is 2.60. The van der Waals surface area contributed by atoms with Gasteiger partial charge in [-0.1, -0.05) is 23.9 Å². The highest BCUT2D eigenvalue weighted by molar-refractivity contribution is 7.99. The molecule has 26 heavy (non-hydrogen) atoms. The van der Waals surface area contributed by atoms with Crippen LogP contribution in [0.2, 0.25) is 0 Å². The zero-order valence-corrected chi connectivity index (χ0v) is 13.8. The maximum Gasteiger partial charge on any atom is 0.328 e. The first-order valence-electron chi connectivity index (χ1n) is 7.20. The molecule has 1 aromatic carbocycles. The van der Waals surface area contributed by atoms with Gasteiger partial charge < -0.3 is 0 Å². The topological polar surface area (TPSA) is 131 Å². The minimum Gasteiger partial charge on any atom is -0.273 e. The minimum atomic E-state index is -0.912. The summed E-state index contributed by atoms with van der Waals surface area (Å²) in [5.74, 6) is -1.73. The molecular formula is C16H10N4O5S. The highest BCUT2D eigenvalue weighted by Crippen LogP contribution is 2.34. The Morgan fingerprint density at radius 1 is 1.08 bits per heavy atom. The smallest absolute Gasteiger partial charge is 0.273 e. The van der Waals surface area contributed by atoms with Crippen LogP contribution in [0.3, 0.4) is 0 Å². The fraction of sp³-hybridized carbons (Fsp3) is 0. The number of carbonyl (C=O) groups is 3. The van der Waals surface area contributed by atoms with Crippen molar-refractivity contribution in [3.63, 3.8) is 0 Å². The monoisotopic (exact) mass is 370 g/mol. The second-order valence-electron chi connectivity index (χ2n) is 5.05. The number of hydrogen-bond donors (Lipinski definition) is 2. The van der Waals surface area contributed by atoms with Crippen molar-refractivity contribution in [3.05, 3.63) is 63.8 Å². The van der Waals surface area contributed by atoms with Crippen molar-refractivity contribution in [1.29, 1.82) is 0 Å². The zero-order valence-electron chi connectivity index (χ0n) is 13.0. The molecular weight excluding hydrogens is 360 g/mol. The molecule has 0 radical (unpaired) electrons. The Morgan fingerprint density at radius 2 is 1.81 bits per heavy atom. The van der Waals surface area contributed by atoms with E-state index in [2.05, 4.69) is 4.98 Å². The molecule has 2 aromatic rings. The van der Waals surface area contributed by atoms with Gasteiger partial charge in [0.2, 0.25) is 0 Å². The lowest BCUT2D eigenvalue weighted by Crippen LogP contribution is -2.51. The van der Waals surface area contributed by atoms with E-state index in [1.165, 1.54) is 24.3 Å². The number of amides is 4. The van der Waals surface area contributed by atoms with E-state index in [9.17, 15) is 24.5 Å². The molecule has 1 aromatic heterocycles. The van der Waals surface area contributed by atoms with Crippen molar-refractivity contribution < 1.29 is 19.3 Å². The van der Waals surface area contributed by atoms with Gasteiger partial charge in [-0.2, -0.15) is 0 Å². The third-order valence-corrected chi connectivity index (χ3v) is 4.30. The van der Waals surface area contributed by atoms with Crippen molar-refractivity contribution >= 4 is 41.4 Å². The first-order valence-corrected chi connectivity index (χ1v) is 8.01. The molecule has 1 aliphatic heterocycles. The molecule has 1 fully saturated rings. The van der Waals surface area contributed by atoms with Crippen LogP contribution in [0.15, 0.2) is 58.1 Å². The average molecular weight is 370 g/mol. The van der Waals surface area contributed by atoms with Crippen LogP contribution in [0.5, 0.6) is 0 Å². The SMILES string of the molecule is O=C1NC(=O)C(=Cc2ccc(Sc3ccccn3)c([N+](=O)[O-])c2)C(=O)N1. The number of nitro benzene ring substituents is 1. The zero-order chi connectivity index (χ0) is 18.7. The first kappa shape index (κ1) is 17.3. The molecule has 4 amide bonds. The summed E-state index contributed by atoms with van der Waals surface area (Å²) in [7, 11) is 0. The van der Waals surface area contributed by atoms with Gasteiger partial charge in [0.1, 0.15) is 10.6 Å². The van der Waals surface area contributed by atoms with E-state index >= 15 is 0 Å². The number of hydrogen-bond acceptors (Lipinski definition) is 7. The number of pyridine rings is 1. The largest absolute Gasteiger partial charge is 0.328 e. The molecule has 0 aliphatic carbocycles. The molecule has 0 saturated carbocycles. The van der Waals surface area contributed by atoms with Crippen LogP contribution in [-0.4, -0.2) is 27.8 Å². The molecule has 1 aliphatic rings. The van der Waals surface area contributed by atoms with Gasteiger partial charge in [-0.3, -0.25) is 30.3 Å². The van der Waals surface area contributed by atoms with Gasteiger partial charge in [0.15, 0.2) is 0 Å². The lowest BCUT2D eigenvalue weighted by Gasteiger charge is -2.13. The fourth-order valence-electron chi connectivity index (χ4n) is 2.15. The maximum absolute atomic E-state index is 11.7. The number of rotatable bonds is 4. The number of urea groups is 1. The Hall–Kier alpha value is -3.53. The summed E-state index contributed by atoms with van der Waals surface area (Å²) in [6, 6.07) is 8.59. The second-order valence-corrected chi connectivity index (χ2v) is 6.11. The molecule has 1 saturated heterocycles. The van der Waals surface area contributed by atoms with Crippen LogP contribution in [-0.2, 0) is 9.59 Å². The predicted molar refractivity (Wildman–Crippen MR) is 91.1 cm³/mol. The summed E-state index contributed by atoms with van der Waals surface area (Å²) in [5, 5.41) is 15.8. The molecule has 0 bridgehead atoms. The number of nitro groups is 1. The lowest BCUT2D eigenvalue weighted by molar-refractivity contribution is -0.387. The van der Waals surface area contributed by atoms with Crippen LogP contribution in [0.4, 0.5) is 10.5 Å². The van der Waals surface area contributed by atoms with Crippen LogP contribution >= 0.6 is 11.8 Å². The third-order valence-electron chi connectivity index (χ3n) is 3.29. The molecule has 10 heteroatoms. The number of barbiturate groups is 1. The summed E-state index contributed by atoms with van der Waals surface area (Å²) < 4.78 is 0. The summed E-state index contributed by atoms with van der Waals surface area (Å²) in [6.45, 7) is 0. The van der Waals surface area contributed by atoms with Crippen LogP contribution in [0, 0.1) is 10.1 Å². The summed E-state index contributed by atoms with van der Waals surface area (Å²) >= 11 is 1.12. The Kier molecular flexibility index (Phi) is 4.76. The minimum absolute atomic E-state index is 0.192. The third kappa shape index (κ3) is 3.75. The quantitative estimate of drug-likeness (QED) is 0.363. The van der Waals surface area contributed by atoms with E-state index in [1.807, 2.05) is 10.6 Å². The Labute approximate surface area is 150 Å². The van der Waals surface area contributed by atoms with Crippen LogP contribution in [0.1, 0.15) is 5.56 Å². The first-order chi connectivity index (χ1) is 12.4. The molecule has 0 spiro atoms. The van der Waals surface area contributed by atoms with Gasteiger partial charge in [0.25, 0.3) is 17.5 Å². The van der Waals surface area contributed by atoms with Gasteiger partial charge >= 0.3 is 6.03 Å². The number of aromatic nitrogens is 1. The van der Waals surface area contributed by atoms with Crippen molar-refractivity contribution in [3.8, 4) is 0 Å². The number of benzene rings is 1. The van der Waals surface area contributed by atoms with E-state index in [1.54, 1.807) is 24.4 Å². The van der Waals surface area contributed by atoms with Crippen LogP contribution < -0.4 is 10.6 Å². The number of imide groups is 2. The predicted octanol–water partition coefficient (Wildman–Crippen LogP) is 1.89. The molecule has 0 unspecified atom stereocenters. The van der Waals surface area contributed by atoms with Gasteiger partial charge in [-0.15, -0.1) is 0 Å². The van der Waals surface area contributed by atoms with E-state index in [0.29, 0.717) is 9.92 Å². The van der Waals surface area contributed by atoms with E-state index in [-0.39, 0.29) is 16.8 Å². The normalized spacial score (nSPS) is 13.8. The fourth-order valence-corrected chi connectivity index (χ4v) is 3.01. The van der Waals surface area contributed by atoms with Crippen molar-refractivity contribution in [2.24, 2.45) is 0 Å². The number of nitrogens with one attached hydrogen (secondary N) is 2. The molecule has 0 atom stereocenters. The van der Waals surface area contributed by atoms with Crippen molar-refractivity contribution in [2.45, 2.75) is 9.92 Å². The lowest BCUT2D eigenvalue weighted by atomic mass is 10.1. The summed E-state index contributed by atoms with van der Waals surface area (Å²) in [5.41, 5.74) is -0.233. The molecule has 130 valence electrons. The summed E-state index contributed by atoms with van der Waals surface area (Å²) in [4.78, 5) is 49.8. The van der Waals surface area contributed by atoms with E-state index in [4.69, 9.17) is 0 Å². The maximum atomic E-state index is 11.7. The Morgan fingerprint density at radius 3 is 2.42 bits per heavy atom. The molecule has 9 nitrogen and oxygen atoms in total. The van der Waals surface area contributed by atoms with Gasteiger partial charge in [-0.25, -0.2) is 9.78 Å². The Balaban J connectivity index is 1.95. The second kappa shape index (κ2) is 7.15. The summed E-state index contributed by atoms with van der Waals surface area (Å²) in [6.07, 6.45) is 2.76. The highest BCUT2D eigenvalue weighted by Gasteiger charge is 2.28. The molecule has 2 N–H and O–H groups in total. The van der Waals surface area contributed by atoms with Gasteiger partial charge in [0, 0.05) is 12.3 Å². The van der Waals surface area contributed by atoms with Gasteiger partial charge in [0.05, 0.1) is 9.82 Å². The number of carbonyl (C=O) groups excluding carboxylic acids is 3. The number of nitrogens with zero attached hydrogens (tertiary/aromatic N) is 2. The van der Waals surface area contributed by atoms with E-state index in [0.717, 1.165) is 11.8 Å².